The smallest absolute Gasteiger partial charge is 0.340 e. The molecule has 8 nitrogen and oxygen atoms in total. The van der Waals surface area contributed by atoms with E-state index in [1.54, 1.807) is 0 Å². The van der Waals surface area contributed by atoms with Crippen LogP contribution in [0.5, 0.6) is 11.5 Å². The number of carbonyl (C=O) groups is 2. The van der Waals surface area contributed by atoms with E-state index in [9.17, 15) is 9.59 Å². The van der Waals surface area contributed by atoms with Crippen molar-refractivity contribution in [2.24, 2.45) is 0 Å². The molecule has 0 aromatic heterocycles. The number of hydrogen-bond donors (Lipinski definition) is 0. The summed E-state index contributed by atoms with van der Waals surface area (Å²) < 4.78 is 19.7. The molecule has 9 rings (SSSR count). The van der Waals surface area contributed by atoms with Gasteiger partial charge in [-0.05, 0) is 87.9 Å². The molecule has 0 saturated carbocycles. The number of carbonyl (C=O) groups excluding carboxylic acids is 2. The summed E-state index contributed by atoms with van der Waals surface area (Å²) >= 11 is 0. The van der Waals surface area contributed by atoms with Gasteiger partial charge >= 0.3 is 11.9 Å². The van der Waals surface area contributed by atoms with Gasteiger partial charge in [-0.3, -0.25) is 0 Å². The number of aryl methyl sites for hydroxylation is 2. The minimum atomic E-state index is -1.20. The third-order valence-electron chi connectivity index (χ3n) is 12.0. The van der Waals surface area contributed by atoms with Gasteiger partial charge < -0.3 is 28.9 Å². The van der Waals surface area contributed by atoms with Gasteiger partial charge in [0.15, 0.2) is 11.2 Å². The largest absolute Gasteiger partial charge is 0.456 e. The molecule has 8 heteroatoms. The summed E-state index contributed by atoms with van der Waals surface area (Å²) in [5.74, 6) is 0.601. The Morgan fingerprint density at radius 3 is 1.82 bits per heavy atom. The summed E-state index contributed by atoms with van der Waals surface area (Å²) in [7, 11) is 5.95. The van der Waals surface area contributed by atoms with Gasteiger partial charge in [0, 0.05) is 96.4 Å². The van der Waals surface area contributed by atoms with Crippen molar-refractivity contribution in [3.63, 3.8) is 0 Å². The highest BCUT2D eigenvalue weighted by Crippen LogP contribution is 2.58. The van der Waals surface area contributed by atoms with Crippen molar-refractivity contribution in [2.75, 3.05) is 48.9 Å². The van der Waals surface area contributed by atoms with E-state index in [1.165, 1.54) is 0 Å². The molecule has 0 fully saturated rings. The first-order chi connectivity index (χ1) is 27.5. The molecular weight excluding hydrogens is 711 g/mol. The number of ether oxygens (including phenoxy) is 3. The number of anilines is 4. The Bertz CT molecular complexity index is 2590. The standard InChI is InChI=1S/C49H45N3O5/c1-8-52(9-2)36-23-25-41-45(28-36)55-44-26-31(4)43(29-42(44)49(41)39-13-11-10-12-37(39)46(53)57-49)51(7)34-20-18-33(19-21-34)48(32-16-14-30(3)15-17-32)40-24-22-35(50(5)6)27-38(40)47(54)56-48/h10-29H,8-9H2,1-7H3. The molecule has 2 unspecified atom stereocenters. The molecular formula is C49H45N3O5. The highest BCUT2D eigenvalue weighted by atomic mass is 16.6. The molecule has 3 aliphatic heterocycles. The first kappa shape index (κ1) is 36.1. The normalized spacial score (nSPS) is 18.5. The van der Waals surface area contributed by atoms with Crippen molar-refractivity contribution in [3.05, 3.63) is 177 Å². The van der Waals surface area contributed by atoms with Crippen LogP contribution in [0.25, 0.3) is 0 Å². The maximum atomic E-state index is 13.6. The molecule has 3 aliphatic rings. The summed E-state index contributed by atoms with van der Waals surface area (Å²) in [4.78, 5) is 33.7. The minimum Gasteiger partial charge on any atom is -0.456 e. The molecule has 0 amide bonds. The van der Waals surface area contributed by atoms with Gasteiger partial charge in [0.1, 0.15) is 11.5 Å². The predicted octanol–water partition coefficient (Wildman–Crippen LogP) is 10.0. The van der Waals surface area contributed by atoms with Crippen LogP contribution in [0.2, 0.25) is 0 Å². The molecule has 1 spiro atoms. The number of nitrogens with zero attached hydrogens (tertiary/aromatic N) is 3. The second kappa shape index (κ2) is 13.3. The Morgan fingerprint density at radius 1 is 0.544 bits per heavy atom. The number of fused-ring (bicyclic) bond motifs is 7. The lowest BCUT2D eigenvalue weighted by Crippen LogP contribution is -2.33. The summed E-state index contributed by atoms with van der Waals surface area (Å²) in [6.45, 7) is 10.1. The molecule has 3 heterocycles. The Hall–Kier alpha value is -6.54. The Labute approximate surface area is 333 Å². The molecule has 6 aromatic rings. The molecule has 0 radical (unpaired) electrons. The minimum absolute atomic E-state index is 0.351. The van der Waals surface area contributed by atoms with Gasteiger partial charge in [0.2, 0.25) is 0 Å². The highest BCUT2D eigenvalue weighted by molar-refractivity contribution is 5.98. The lowest BCUT2D eigenvalue weighted by Gasteiger charge is -2.38. The van der Waals surface area contributed by atoms with E-state index in [0.29, 0.717) is 22.6 Å². The Balaban J connectivity index is 1.15. The van der Waals surface area contributed by atoms with Crippen LogP contribution in [0, 0.1) is 13.8 Å². The first-order valence-corrected chi connectivity index (χ1v) is 19.5. The number of rotatable bonds is 8. The van der Waals surface area contributed by atoms with Gasteiger partial charge in [-0.15, -0.1) is 0 Å². The third kappa shape index (κ3) is 5.34. The molecule has 2 atom stereocenters. The Kier molecular flexibility index (Phi) is 8.43. The fourth-order valence-electron chi connectivity index (χ4n) is 8.92. The maximum absolute atomic E-state index is 13.6. The SMILES string of the molecule is CCN(CC)c1ccc2c(c1)Oc1cc(C)c(N(C)c3ccc(C4(c5ccc(C)cc5)OC(=O)c5cc(N(C)C)ccc54)cc3)cc1C21OC(=O)c2ccccc21. The van der Waals surface area contributed by atoms with Crippen LogP contribution in [0.4, 0.5) is 22.7 Å². The van der Waals surface area contributed by atoms with Crippen LogP contribution in [-0.2, 0) is 20.7 Å². The van der Waals surface area contributed by atoms with Crippen molar-refractivity contribution < 1.29 is 23.8 Å². The fraction of sp³-hybridized carbons (Fsp3) is 0.224. The molecule has 0 bridgehead atoms. The van der Waals surface area contributed by atoms with Gasteiger partial charge in [0.05, 0.1) is 11.1 Å². The van der Waals surface area contributed by atoms with Crippen LogP contribution in [-0.4, -0.2) is 46.2 Å². The Morgan fingerprint density at radius 2 is 1.12 bits per heavy atom. The molecule has 286 valence electrons. The third-order valence-corrected chi connectivity index (χ3v) is 12.0. The zero-order chi connectivity index (χ0) is 39.8. The van der Waals surface area contributed by atoms with E-state index >= 15 is 0 Å². The number of cyclic esters (lactones) is 1. The van der Waals surface area contributed by atoms with Gasteiger partial charge in [0.25, 0.3) is 0 Å². The average Bonchev–Trinajstić information content (AvgIpc) is 3.69. The van der Waals surface area contributed by atoms with Crippen LogP contribution in [0.1, 0.15) is 79.1 Å². The van der Waals surface area contributed by atoms with Crippen molar-refractivity contribution in [2.45, 2.75) is 38.9 Å². The lowest BCUT2D eigenvalue weighted by atomic mass is 9.77. The second-order valence-electron chi connectivity index (χ2n) is 15.4. The van der Waals surface area contributed by atoms with Crippen LogP contribution in [0.15, 0.2) is 121 Å². The van der Waals surface area contributed by atoms with Crippen molar-refractivity contribution >= 4 is 34.7 Å². The number of benzene rings is 6. The molecule has 0 N–H and O–H groups in total. The van der Waals surface area contributed by atoms with E-state index in [4.69, 9.17) is 14.2 Å². The number of hydrogen-bond acceptors (Lipinski definition) is 8. The molecule has 57 heavy (non-hydrogen) atoms. The van der Waals surface area contributed by atoms with Gasteiger partial charge in [-0.2, -0.15) is 0 Å². The van der Waals surface area contributed by atoms with E-state index in [2.05, 4.69) is 73.0 Å². The molecule has 0 saturated heterocycles. The van der Waals surface area contributed by atoms with E-state index in [1.807, 2.05) is 112 Å². The predicted molar refractivity (Wildman–Crippen MR) is 225 cm³/mol. The summed E-state index contributed by atoms with van der Waals surface area (Å²) in [6.07, 6.45) is 0. The topological polar surface area (TPSA) is 71.6 Å². The monoisotopic (exact) mass is 755 g/mol. The van der Waals surface area contributed by atoms with E-state index in [-0.39, 0.29) is 11.9 Å². The first-order valence-electron chi connectivity index (χ1n) is 19.5. The number of esters is 2. The van der Waals surface area contributed by atoms with Crippen molar-refractivity contribution in [1.29, 1.82) is 0 Å². The van der Waals surface area contributed by atoms with Crippen LogP contribution < -0.4 is 19.4 Å². The van der Waals surface area contributed by atoms with Crippen LogP contribution >= 0.6 is 0 Å². The zero-order valence-electron chi connectivity index (χ0n) is 33.3. The van der Waals surface area contributed by atoms with E-state index < -0.39 is 11.2 Å². The lowest BCUT2D eigenvalue weighted by molar-refractivity contribution is 0.0221. The zero-order valence-corrected chi connectivity index (χ0v) is 33.3. The average molecular weight is 756 g/mol. The van der Waals surface area contributed by atoms with Gasteiger partial charge in [-0.1, -0.05) is 66.2 Å². The van der Waals surface area contributed by atoms with Crippen molar-refractivity contribution in [1.82, 2.24) is 0 Å². The summed E-state index contributed by atoms with van der Waals surface area (Å²) in [5.41, 5.74) is 9.61. The fourth-order valence-corrected chi connectivity index (χ4v) is 8.92. The van der Waals surface area contributed by atoms with Crippen molar-refractivity contribution in [3.8, 4) is 11.5 Å². The summed E-state index contributed by atoms with van der Waals surface area (Å²) in [6, 6.07) is 40.3. The molecule has 6 aromatic carbocycles. The quantitative estimate of drug-likeness (QED) is 0.142. The summed E-state index contributed by atoms with van der Waals surface area (Å²) in [5, 5.41) is 0. The van der Waals surface area contributed by atoms with E-state index in [0.717, 1.165) is 80.3 Å². The van der Waals surface area contributed by atoms with Crippen LogP contribution in [0.3, 0.4) is 0 Å². The molecule has 0 aliphatic carbocycles. The van der Waals surface area contributed by atoms with Gasteiger partial charge in [-0.25, -0.2) is 9.59 Å². The maximum Gasteiger partial charge on any atom is 0.340 e. The highest BCUT2D eigenvalue weighted by Gasteiger charge is 2.54. The second-order valence-corrected chi connectivity index (χ2v) is 15.4.